The van der Waals surface area contributed by atoms with Crippen molar-refractivity contribution in [2.45, 2.75) is 19.8 Å². The third-order valence-corrected chi connectivity index (χ3v) is 4.40. The molecule has 7 nitrogen and oxygen atoms in total. The van der Waals surface area contributed by atoms with Crippen LogP contribution in [0, 0.1) is 0 Å². The first-order valence-corrected chi connectivity index (χ1v) is 8.66. The summed E-state index contributed by atoms with van der Waals surface area (Å²) in [6, 6.07) is 12.2. The Balaban J connectivity index is 1.73. The number of nitrogens with zero attached hydrogens (tertiary/aromatic N) is 1. The summed E-state index contributed by atoms with van der Waals surface area (Å²) in [5.74, 6) is -1.19. The summed E-state index contributed by atoms with van der Waals surface area (Å²) in [5, 5.41) is 5.11. The van der Waals surface area contributed by atoms with Crippen LogP contribution < -0.4 is 20.3 Å². The average Bonchev–Trinajstić information content (AvgIpc) is 2.67. The maximum absolute atomic E-state index is 12.3. The van der Waals surface area contributed by atoms with Gasteiger partial charge in [0.25, 0.3) is 0 Å². The topological polar surface area (TPSA) is 87.7 Å². The molecule has 1 aliphatic rings. The summed E-state index contributed by atoms with van der Waals surface area (Å²) in [4.78, 5) is 38.0. The fourth-order valence-corrected chi connectivity index (χ4v) is 3.09. The van der Waals surface area contributed by atoms with Gasteiger partial charge in [0.05, 0.1) is 12.8 Å². The normalized spacial score (nSPS) is 12.7. The van der Waals surface area contributed by atoms with Crippen molar-refractivity contribution >= 4 is 34.8 Å². The number of carbonyl (C=O) groups is 3. The van der Waals surface area contributed by atoms with E-state index in [2.05, 4.69) is 10.6 Å². The van der Waals surface area contributed by atoms with Crippen molar-refractivity contribution in [3.8, 4) is 5.75 Å². The van der Waals surface area contributed by atoms with Gasteiger partial charge in [-0.1, -0.05) is 18.2 Å². The minimum Gasteiger partial charge on any atom is -0.495 e. The van der Waals surface area contributed by atoms with Gasteiger partial charge >= 0.3 is 11.8 Å². The molecule has 0 radical (unpaired) electrons. The Hall–Kier alpha value is -3.35. The summed E-state index contributed by atoms with van der Waals surface area (Å²) in [7, 11) is 1.49. The van der Waals surface area contributed by atoms with Crippen LogP contribution in [0.1, 0.15) is 18.9 Å². The van der Waals surface area contributed by atoms with E-state index in [0.717, 1.165) is 24.1 Å². The Morgan fingerprint density at radius 3 is 2.52 bits per heavy atom. The summed E-state index contributed by atoms with van der Waals surface area (Å²) in [5.41, 5.74) is 2.69. The van der Waals surface area contributed by atoms with Crippen LogP contribution in [0.2, 0.25) is 0 Å². The molecular formula is C20H21N3O4. The molecule has 0 spiro atoms. The van der Waals surface area contributed by atoms with Crippen molar-refractivity contribution in [1.82, 2.24) is 0 Å². The van der Waals surface area contributed by atoms with E-state index >= 15 is 0 Å². The first kappa shape index (κ1) is 18.4. The number of carbonyl (C=O) groups excluding carboxylic acids is 3. The molecular weight excluding hydrogens is 346 g/mol. The quantitative estimate of drug-likeness (QED) is 0.816. The van der Waals surface area contributed by atoms with E-state index in [0.29, 0.717) is 23.7 Å². The third kappa shape index (κ3) is 4.08. The van der Waals surface area contributed by atoms with Crippen LogP contribution in [0.15, 0.2) is 42.5 Å². The highest BCUT2D eigenvalue weighted by Gasteiger charge is 2.21. The maximum atomic E-state index is 12.3. The Kier molecular flexibility index (Phi) is 5.40. The van der Waals surface area contributed by atoms with Gasteiger partial charge in [0.1, 0.15) is 5.75 Å². The van der Waals surface area contributed by atoms with Gasteiger partial charge in [-0.2, -0.15) is 0 Å². The molecule has 0 saturated carbocycles. The Morgan fingerprint density at radius 2 is 1.78 bits per heavy atom. The first-order valence-electron chi connectivity index (χ1n) is 8.66. The predicted molar refractivity (Wildman–Crippen MR) is 103 cm³/mol. The summed E-state index contributed by atoms with van der Waals surface area (Å²) >= 11 is 0. The van der Waals surface area contributed by atoms with E-state index in [9.17, 15) is 14.4 Å². The van der Waals surface area contributed by atoms with E-state index < -0.39 is 11.8 Å². The van der Waals surface area contributed by atoms with Crippen molar-refractivity contribution in [2.24, 2.45) is 0 Å². The fourth-order valence-electron chi connectivity index (χ4n) is 3.09. The number of fused-ring (bicyclic) bond motifs is 1. The lowest BCUT2D eigenvalue weighted by atomic mass is 10.0. The van der Waals surface area contributed by atoms with Crippen LogP contribution >= 0.6 is 0 Å². The van der Waals surface area contributed by atoms with Crippen LogP contribution in [0.25, 0.3) is 0 Å². The Morgan fingerprint density at radius 1 is 1.04 bits per heavy atom. The number of ether oxygens (including phenoxy) is 1. The molecule has 0 aliphatic carbocycles. The zero-order valence-electron chi connectivity index (χ0n) is 15.2. The van der Waals surface area contributed by atoms with E-state index in [-0.39, 0.29) is 5.91 Å². The molecule has 0 aromatic heterocycles. The van der Waals surface area contributed by atoms with Crippen molar-refractivity contribution in [2.75, 3.05) is 29.2 Å². The maximum Gasteiger partial charge on any atom is 0.314 e. The molecule has 27 heavy (non-hydrogen) atoms. The molecule has 0 saturated heterocycles. The Bertz CT molecular complexity index is 895. The number of benzene rings is 2. The van der Waals surface area contributed by atoms with Crippen LogP contribution in [-0.2, 0) is 20.8 Å². The largest absolute Gasteiger partial charge is 0.495 e. The summed E-state index contributed by atoms with van der Waals surface area (Å²) in [6.07, 6.45) is 1.78. The molecule has 140 valence electrons. The monoisotopic (exact) mass is 367 g/mol. The summed E-state index contributed by atoms with van der Waals surface area (Å²) < 4.78 is 5.16. The second-order valence-electron chi connectivity index (χ2n) is 6.23. The number of hydrogen-bond donors (Lipinski definition) is 2. The number of hydrogen-bond acceptors (Lipinski definition) is 4. The second kappa shape index (κ2) is 7.90. The first-order chi connectivity index (χ1) is 13.0. The molecule has 0 unspecified atom stereocenters. The van der Waals surface area contributed by atoms with Crippen molar-refractivity contribution in [1.29, 1.82) is 0 Å². The number of rotatable bonds is 3. The molecule has 3 rings (SSSR count). The van der Waals surface area contributed by atoms with E-state index in [4.69, 9.17) is 4.74 Å². The van der Waals surface area contributed by atoms with Gasteiger partial charge in [-0.3, -0.25) is 14.4 Å². The van der Waals surface area contributed by atoms with E-state index in [1.807, 2.05) is 6.07 Å². The van der Waals surface area contributed by atoms with Crippen molar-refractivity contribution in [3.05, 3.63) is 48.0 Å². The zero-order chi connectivity index (χ0) is 19.4. The smallest absolute Gasteiger partial charge is 0.314 e. The second-order valence-corrected chi connectivity index (χ2v) is 6.23. The van der Waals surface area contributed by atoms with Gasteiger partial charge in [0.2, 0.25) is 5.91 Å². The number of amides is 3. The molecule has 2 aromatic carbocycles. The van der Waals surface area contributed by atoms with Gasteiger partial charge in [-0.15, -0.1) is 0 Å². The highest BCUT2D eigenvalue weighted by molar-refractivity contribution is 6.43. The van der Waals surface area contributed by atoms with E-state index in [1.54, 1.807) is 41.3 Å². The fraction of sp³-hybridized carbons (Fsp3) is 0.250. The average molecular weight is 367 g/mol. The molecule has 2 aromatic rings. The molecule has 1 heterocycles. The van der Waals surface area contributed by atoms with Crippen molar-refractivity contribution < 1.29 is 19.1 Å². The third-order valence-electron chi connectivity index (χ3n) is 4.40. The standard InChI is InChI=1S/C20H21N3O4/c1-13(24)23-11-5-6-14-9-10-15(12-17(14)23)21-19(25)20(26)22-16-7-3-4-8-18(16)27-2/h3-4,7-10,12H,5-6,11H2,1-2H3,(H,21,25)(H,22,26). The number of anilines is 3. The van der Waals surface area contributed by atoms with Gasteiger partial charge in [-0.25, -0.2) is 0 Å². The highest BCUT2D eigenvalue weighted by atomic mass is 16.5. The van der Waals surface area contributed by atoms with E-state index in [1.165, 1.54) is 14.0 Å². The highest BCUT2D eigenvalue weighted by Crippen LogP contribution is 2.30. The number of methoxy groups -OCH3 is 1. The van der Waals surface area contributed by atoms with Gasteiger partial charge in [0, 0.05) is 24.8 Å². The van der Waals surface area contributed by atoms with Gasteiger partial charge in [-0.05, 0) is 42.7 Å². The SMILES string of the molecule is COc1ccccc1NC(=O)C(=O)Nc1ccc2c(c1)N(C(C)=O)CCC2. The molecule has 7 heteroatoms. The van der Waals surface area contributed by atoms with Crippen LogP contribution in [-0.4, -0.2) is 31.4 Å². The van der Waals surface area contributed by atoms with Crippen LogP contribution in [0.5, 0.6) is 5.75 Å². The lowest BCUT2D eigenvalue weighted by Crippen LogP contribution is -2.34. The Labute approximate surface area is 157 Å². The summed E-state index contributed by atoms with van der Waals surface area (Å²) in [6.45, 7) is 2.16. The lowest BCUT2D eigenvalue weighted by Gasteiger charge is -2.29. The number of para-hydroxylation sites is 2. The van der Waals surface area contributed by atoms with Gasteiger partial charge < -0.3 is 20.3 Å². The molecule has 2 N–H and O–H groups in total. The molecule has 0 atom stereocenters. The minimum absolute atomic E-state index is 0.0478. The lowest BCUT2D eigenvalue weighted by molar-refractivity contribution is -0.133. The molecule has 0 fully saturated rings. The minimum atomic E-state index is -0.805. The number of aryl methyl sites for hydroxylation is 1. The van der Waals surface area contributed by atoms with Gasteiger partial charge in [0.15, 0.2) is 0 Å². The van der Waals surface area contributed by atoms with Crippen molar-refractivity contribution in [3.63, 3.8) is 0 Å². The number of nitrogens with one attached hydrogen (secondary N) is 2. The van der Waals surface area contributed by atoms with Crippen LogP contribution in [0.4, 0.5) is 17.1 Å². The predicted octanol–water partition coefficient (Wildman–Crippen LogP) is 2.57. The van der Waals surface area contributed by atoms with Crippen LogP contribution in [0.3, 0.4) is 0 Å². The molecule has 3 amide bonds. The molecule has 1 aliphatic heterocycles. The molecule has 0 bridgehead atoms. The zero-order valence-corrected chi connectivity index (χ0v) is 15.2.